The van der Waals surface area contributed by atoms with E-state index in [1.54, 1.807) is 6.07 Å². The van der Waals surface area contributed by atoms with Gasteiger partial charge in [-0.2, -0.15) is 0 Å². The highest BCUT2D eigenvalue weighted by Crippen LogP contribution is 2.19. The van der Waals surface area contributed by atoms with E-state index in [1.165, 1.54) is 5.57 Å². The minimum Gasteiger partial charge on any atom is -0.508 e. The summed E-state index contributed by atoms with van der Waals surface area (Å²) in [6.45, 7) is 6.04. The van der Waals surface area contributed by atoms with Gasteiger partial charge >= 0.3 is 0 Å². The molecule has 1 heteroatoms. The van der Waals surface area contributed by atoms with Crippen LogP contribution < -0.4 is 0 Å². The van der Waals surface area contributed by atoms with Crippen LogP contribution in [-0.2, 0) is 6.42 Å². The number of allylic oxidation sites excluding steroid dienone is 1. The third kappa shape index (κ3) is 2.94. The van der Waals surface area contributed by atoms with Gasteiger partial charge in [-0.1, -0.05) is 37.3 Å². The number of rotatable bonds is 4. The molecule has 0 saturated heterocycles. The minimum absolute atomic E-state index is 0.395. The van der Waals surface area contributed by atoms with E-state index in [2.05, 4.69) is 13.5 Å². The summed E-state index contributed by atoms with van der Waals surface area (Å²) in [7, 11) is 0. The number of phenolic OH excluding ortho intramolecular Hbond substituents is 1. The van der Waals surface area contributed by atoms with Crippen molar-refractivity contribution in [1.82, 2.24) is 0 Å². The first kappa shape index (κ1) is 9.85. The number of aryl methyl sites for hydroxylation is 1. The number of aromatic hydroxyl groups is 1. The predicted molar refractivity (Wildman–Crippen MR) is 55.9 cm³/mol. The highest BCUT2D eigenvalue weighted by molar-refractivity contribution is 5.32. The molecule has 0 saturated carbocycles. The van der Waals surface area contributed by atoms with E-state index in [1.807, 2.05) is 18.2 Å². The maximum absolute atomic E-state index is 9.47. The molecule has 1 N–H and O–H groups in total. The van der Waals surface area contributed by atoms with Crippen molar-refractivity contribution in [3.63, 3.8) is 0 Å². The molecule has 1 rings (SSSR count). The molecule has 1 aromatic rings. The summed E-state index contributed by atoms with van der Waals surface area (Å²) in [4.78, 5) is 0. The molecule has 0 radical (unpaired) electrons. The predicted octanol–water partition coefficient (Wildman–Crippen LogP) is 3.29. The summed E-state index contributed by atoms with van der Waals surface area (Å²) in [6.07, 6.45) is 2.88. The molecule has 0 unspecified atom stereocenters. The van der Waals surface area contributed by atoms with Gasteiger partial charge in [0.1, 0.15) is 5.75 Å². The second-order valence-electron chi connectivity index (χ2n) is 3.23. The van der Waals surface area contributed by atoms with Crippen molar-refractivity contribution in [2.45, 2.75) is 26.2 Å². The third-order valence-electron chi connectivity index (χ3n) is 2.24. The van der Waals surface area contributed by atoms with Crippen LogP contribution in [0.25, 0.3) is 0 Å². The molecule has 0 fully saturated rings. The van der Waals surface area contributed by atoms with Crippen LogP contribution in [0.2, 0.25) is 0 Å². The molecule has 0 bridgehead atoms. The standard InChI is InChI=1S/C12H16O/c1-3-10(2)8-9-11-6-4-5-7-12(11)13/h4-7,13H,2-3,8-9H2,1H3. The molecule has 0 aliphatic heterocycles. The lowest BCUT2D eigenvalue weighted by atomic mass is 10.0. The van der Waals surface area contributed by atoms with E-state index in [-0.39, 0.29) is 0 Å². The zero-order chi connectivity index (χ0) is 9.68. The lowest BCUT2D eigenvalue weighted by Gasteiger charge is -2.04. The van der Waals surface area contributed by atoms with Crippen molar-refractivity contribution in [2.75, 3.05) is 0 Å². The van der Waals surface area contributed by atoms with E-state index in [0.717, 1.165) is 24.8 Å². The van der Waals surface area contributed by atoms with Crippen LogP contribution in [0.4, 0.5) is 0 Å². The zero-order valence-corrected chi connectivity index (χ0v) is 8.09. The summed E-state index contributed by atoms with van der Waals surface area (Å²) >= 11 is 0. The van der Waals surface area contributed by atoms with Crippen LogP contribution in [-0.4, -0.2) is 5.11 Å². The van der Waals surface area contributed by atoms with Gasteiger partial charge in [0.25, 0.3) is 0 Å². The molecule has 1 nitrogen and oxygen atoms in total. The quantitative estimate of drug-likeness (QED) is 0.698. The van der Waals surface area contributed by atoms with Crippen LogP contribution in [0.1, 0.15) is 25.3 Å². The van der Waals surface area contributed by atoms with Crippen molar-refractivity contribution in [1.29, 1.82) is 0 Å². The molecule has 0 aliphatic carbocycles. The second kappa shape index (κ2) is 4.70. The maximum atomic E-state index is 9.47. The Kier molecular flexibility index (Phi) is 3.56. The van der Waals surface area contributed by atoms with Gasteiger partial charge < -0.3 is 5.11 Å². The topological polar surface area (TPSA) is 20.2 Å². The Hall–Kier alpha value is -1.24. The minimum atomic E-state index is 0.395. The molecule has 0 heterocycles. The molecule has 0 aliphatic rings. The lowest BCUT2D eigenvalue weighted by Crippen LogP contribution is -1.87. The van der Waals surface area contributed by atoms with Crippen LogP contribution in [0.15, 0.2) is 36.4 Å². The first-order valence-corrected chi connectivity index (χ1v) is 4.67. The number of hydrogen-bond acceptors (Lipinski definition) is 1. The third-order valence-corrected chi connectivity index (χ3v) is 2.24. The first-order chi connectivity index (χ1) is 6.24. The van der Waals surface area contributed by atoms with Gasteiger partial charge in [-0.15, -0.1) is 0 Å². The Morgan fingerprint density at radius 1 is 1.38 bits per heavy atom. The Morgan fingerprint density at radius 3 is 2.69 bits per heavy atom. The Labute approximate surface area is 79.7 Å². The summed E-state index contributed by atoms with van der Waals surface area (Å²) in [6, 6.07) is 7.47. The summed E-state index contributed by atoms with van der Waals surface area (Å²) in [5.74, 6) is 0.395. The Bertz CT molecular complexity index is 289. The van der Waals surface area contributed by atoms with Gasteiger partial charge in [0, 0.05) is 0 Å². The van der Waals surface area contributed by atoms with Crippen LogP contribution >= 0.6 is 0 Å². The molecular weight excluding hydrogens is 160 g/mol. The van der Waals surface area contributed by atoms with Crippen LogP contribution in [0.5, 0.6) is 5.75 Å². The van der Waals surface area contributed by atoms with Gasteiger partial charge in [-0.3, -0.25) is 0 Å². The highest BCUT2D eigenvalue weighted by Gasteiger charge is 1.99. The monoisotopic (exact) mass is 176 g/mol. The average Bonchev–Trinajstić information content (AvgIpc) is 2.16. The van der Waals surface area contributed by atoms with Gasteiger partial charge in [0.15, 0.2) is 0 Å². The fraction of sp³-hybridized carbons (Fsp3) is 0.333. The lowest BCUT2D eigenvalue weighted by molar-refractivity contribution is 0.468. The molecule has 0 atom stereocenters. The van der Waals surface area contributed by atoms with Crippen molar-refractivity contribution in [2.24, 2.45) is 0 Å². The van der Waals surface area contributed by atoms with E-state index in [4.69, 9.17) is 0 Å². The van der Waals surface area contributed by atoms with E-state index >= 15 is 0 Å². The van der Waals surface area contributed by atoms with Gasteiger partial charge in [-0.05, 0) is 30.9 Å². The molecule has 0 spiro atoms. The van der Waals surface area contributed by atoms with E-state index in [0.29, 0.717) is 5.75 Å². The molecular formula is C12H16O. The first-order valence-electron chi connectivity index (χ1n) is 4.67. The SMILES string of the molecule is C=C(CC)CCc1ccccc1O. The molecule has 70 valence electrons. The van der Waals surface area contributed by atoms with Crippen molar-refractivity contribution < 1.29 is 5.11 Å². The fourth-order valence-electron chi connectivity index (χ4n) is 1.21. The smallest absolute Gasteiger partial charge is 0.118 e. The normalized spacial score (nSPS) is 9.92. The molecule has 1 aromatic carbocycles. The van der Waals surface area contributed by atoms with E-state index < -0.39 is 0 Å². The number of hydrogen-bond donors (Lipinski definition) is 1. The van der Waals surface area contributed by atoms with Crippen molar-refractivity contribution in [3.05, 3.63) is 42.0 Å². The van der Waals surface area contributed by atoms with Crippen LogP contribution in [0.3, 0.4) is 0 Å². The fourth-order valence-corrected chi connectivity index (χ4v) is 1.21. The zero-order valence-electron chi connectivity index (χ0n) is 8.09. The van der Waals surface area contributed by atoms with Crippen LogP contribution in [0, 0.1) is 0 Å². The molecule has 0 amide bonds. The second-order valence-corrected chi connectivity index (χ2v) is 3.23. The number of phenols is 1. The largest absolute Gasteiger partial charge is 0.508 e. The molecule has 0 aromatic heterocycles. The molecule has 13 heavy (non-hydrogen) atoms. The maximum Gasteiger partial charge on any atom is 0.118 e. The highest BCUT2D eigenvalue weighted by atomic mass is 16.3. The van der Waals surface area contributed by atoms with Crippen molar-refractivity contribution in [3.8, 4) is 5.75 Å². The van der Waals surface area contributed by atoms with Gasteiger partial charge in [-0.25, -0.2) is 0 Å². The Balaban J connectivity index is 2.54. The average molecular weight is 176 g/mol. The number of benzene rings is 1. The van der Waals surface area contributed by atoms with Gasteiger partial charge in [0.2, 0.25) is 0 Å². The van der Waals surface area contributed by atoms with E-state index in [9.17, 15) is 5.11 Å². The Morgan fingerprint density at radius 2 is 2.08 bits per heavy atom. The number of para-hydroxylation sites is 1. The summed E-state index contributed by atoms with van der Waals surface area (Å²) in [5.41, 5.74) is 2.25. The van der Waals surface area contributed by atoms with Gasteiger partial charge in [0.05, 0.1) is 0 Å². The summed E-state index contributed by atoms with van der Waals surface area (Å²) < 4.78 is 0. The van der Waals surface area contributed by atoms with Crippen molar-refractivity contribution >= 4 is 0 Å². The summed E-state index contributed by atoms with van der Waals surface area (Å²) in [5, 5.41) is 9.47.